The molecule has 0 aliphatic heterocycles. The molecule has 0 aliphatic carbocycles. The highest BCUT2D eigenvalue weighted by molar-refractivity contribution is 8.23. The van der Waals surface area contributed by atoms with Gasteiger partial charge in [0.1, 0.15) is 0 Å². The van der Waals surface area contributed by atoms with Crippen molar-refractivity contribution in [1.82, 2.24) is 0 Å². The number of hydrogen-bond donors (Lipinski definition) is 0. The second kappa shape index (κ2) is 4.66. The molecule has 0 spiro atoms. The van der Waals surface area contributed by atoms with Crippen molar-refractivity contribution in [3.63, 3.8) is 0 Å². The van der Waals surface area contributed by atoms with Crippen molar-refractivity contribution in [3.8, 4) is 0 Å². The summed E-state index contributed by atoms with van der Waals surface area (Å²) >= 11 is 0. The summed E-state index contributed by atoms with van der Waals surface area (Å²) in [7, 11) is 13.9. The second-order valence-electron chi connectivity index (χ2n) is 2.51. The van der Waals surface area contributed by atoms with Crippen molar-refractivity contribution in [3.05, 3.63) is 23.3 Å². The van der Waals surface area contributed by atoms with Gasteiger partial charge in [-0.3, -0.25) is 0 Å². The van der Waals surface area contributed by atoms with Gasteiger partial charge < -0.3 is 0 Å². The molecule has 0 radical (unpaired) electrons. The highest BCUT2D eigenvalue weighted by Crippen LogP contribution is 2.39. The molecule has 0 N–H and O–H groups in total. The molecule has 0 unspecified atom stereocenters. The third kappa shape index (κ3) is 2.05. The van der Waals surface area contributed by atoms with Crippen LogP contribution in [0.25, 0.3) is 0 Å². The van der Waals surface area contributed by atoms with Gasteiger partial charge in [-0.25, -0.2) is 0 Å². The maximum absolute atomic E-state index is 5.73. The first-order valence-corrected chi connectivity index (χ1v) is 6.66. The smallest absolute Gasteiger partial charge is 0.0413 e. The zero-order valence-corrected chi connectivity index (χ0v) is 9.87. The molecule has 1 aromatic carbocycles. The summed E-state index contributed by atoms with van der Waals surface area (Å²) in [5.74, 6) is 0. The Labute approximate surface area is 90.0 Å². The van der Waals surface area contributed by atoms with Gasteiger partial charge in [-0.1, -0.05) is 12.1 Å². The summed E-state index contributed by atoms with van der Waals surface area (Å²) in [6, 6.07) is 4.10. The monoisotopic (exact) mass is 238 g/mol. The number of benzene rings is 1. The fraction of sp³-hybridized carbons (Fsp3) is 0.250. The van der Waals surface area contributed by atoms with Gasteiger partial charge in [0.25, 0.3) is 0 Å². The molecule has 0 saturated heterocycles. The van der Waals surface area contributed by atoms with Crippen molar-refractivity contribution in [2.75, 3.05) is 0 Å². The first kappa shape index (κ1) is 10.6. The molecule has 0 aliphatic rings. The number of hydrogen-bond acceptors (Lipinski definition) is 2. The molecule has 1 rings (SSSR count). The lowest BCUT2D eigenvalue weighted by atomic mass is 10.2. The van der Waals surface area contributed by atoms with Crippen LogP contribution < -0.4 is 0 Å². The van der Waals surface area contributed by atoms with E-state index in [1.807, 2.05) is 13.8 Å². The van der Waals surface area contributed by atoms with E-state index >= 15 is 0 Å². The zero-order valence-electron chi connectivity index (χ0n) is 6.73. The summed E-state index contributed by atoms with van der Waals surface area (Å²) in [5.41, 5.74) is 2.34. The quantitative estimate of drug-likeness (QED) is 0.727. The molecule has 66 valence electrons. The Morgan fingerprint density at radius 2 is 1.25 bits per heavy atom. The average molecular weight is 239 g/mol. The van der Waals surface area contributed by atoms with E-state index in [2.05, 4.69) is 12.1 Å². The summed E-state index contributed by atoms with van der Waals surface area (Å²) in [6.07, 6.45) is 0. The predicted octanol–water partition coefficient (Wildman–Crippen LogP) is 4.80. The molecule has 0 aromatic heterocycles. The highest BCUT2D eigenvalue weighted by Gasteiger charge is 2.08. The standard InChI is InChI=1S/C8H8Cl2S2/c1-5-3-4-6(2)8(12-10)7(5)11-9/h3-4H,1-2H3. The molecule has 0 amide bonds. The molecule has 1 aromatic rings. The van der Waals surface area contributed by atoms with E-state index in [4.69, 9.17) is 21.4 Å². The van der Waals surface area contributed by atoms with Gasteiger partial charge in [0.05, 0.1) is 0 Å². The van der Waals surface area contributed by atoms with Gasteiger partial charge in [0.2, 0.25) is 0 Å². The number of halogens is 2. The lowest BCUT2D eigenvalue weighted by Crippen LogP contribution is -1.84. The Kier molecular flexibility index (Phi) is 4.11. The SMILES string of the molecule is Cc1ccc(C)c(SCl)c1SCl. The van der Waals surface area contributed by atoms with E-state index in [1.165, 1.54) is 33.1 Å². The third-order valence-corrected chi connectivity index (χ3v) is 4.08. The van der Waals surface area contributed by atoms with Crippen molar-refractivity contribution < 1.29 is 0 Å². The summed E-state index contributed by atoms with van der Waals surface area (Å²) in [4.78, 5) is 2.13. The van der Waals surface area contributed by atoms with Gasteiger partial charge in [-0.15, -0.1) is 0 Å². The zero-order chi connectivity index (χ0) is 9.14. The fourth-order valence-corrected chi connectivity index (χ4v) is 3.51. The summed E-state index contributed by atoms with van der Waals surface area (Å²) in [5, 5.41) is 0. The maximum Gasteiger partial charge on any atom is 0.0413 e. The Bertz CT molecular complexity index is 258. The van der Waals surface area contributed by atoms with Crippen molar-refractivity contribution >= 4 is 43.3 Å². The topological polar surface area (TPSA) is 0 Å². The minimum absolute atomic E-state index is 1.07. The van der Waals surface area contributed by atoms with Crippen LogP contribution in [0.1, 0.15) is 11.1 Å². The molecule has 4 heteroatoms. The molecule has 0 saturated carbocycles. The van der Waals surface area contributed by atoms with Crippen LogP contribution in [0.4, 0.5) is 0 Å². The molecule has 0 heterocycles. The molecular formula is C8H8Cl2S2. The van der Waals surface area contributed by atoms with E-state index < -0.39 is 0 Å². The predicted molar refractivity (Wildman–Crippen MR) is 59.3 cm³/mol. The van der Waals surface area contributed by atoms with Gasteiger partial charge >= 0.3 is 0 Å². The van der Waals surface area contributed by atoms with Crippen LogP contribution in [0.2, 0.25) is 0 Å². The van der Waals surface area contributed by atoms with Crippen LogP contribution >= 0.6 is 43.3 Å². The van der Waals surface area contributed by atoms with E-state index in [0.29, 0.717) is 0 Å². The van der Waals surface area contributed by atoms with Gasteiger partial charge in [0.15, 0.2) is 0 Å². The van der Waals surface area contributed by atoms with E-state index in [9.17, 15) is 0 Å². The summed E-state index contributed by atoms with van der Waals surface area (Å²) in [6.45, 7) is 4.06. The Morgan fingerprint density at radius 1 is 0.917 bits per heavy atom. The largest absolute Gasteiger partial charge is 0.0578 e. The molecule has 0 fully saturated rings. The van der Waals surface area contributed by atoms with Crippen molar-refractivity contribution in [1.29, 1.82) is 0 Å². The van der Waals surface area contributed by atoms with Gasteiger partial charge in [-0.05, 0) is 68.3 Å². The molecule has 0 nitrogen and oxygen atoms in total. The minimum Gasteiger partial charge on any atom is -0.0578 e. The lowest BCUT2D eigenvalue weighted by molar-refractivity contribution is 1.13. The van der Waals surface area contributed by atoms with E-state index in [0.717, 1.165) is 9.79 Å². The van der Waals surface area contributed by atoms with Gasteiger partial charge in [0, 0.05) is 9.79 Å². The van der Waals surface area contributed by atoms with Crippen molar-refractivity contribution in [2.24, 2.45) is 0 Å². The third-order valence-electron chi connectivity index (χ3n) is 1.66. The number of aryl methyl sites for hydroxylation is 2. The Balaban J connectivity index is 3.28. The molecule has 12 heavy (non-hydrogen) atoms. The lowest BCUT2D eigenvalue weighted by Gasteiger charge is -2.08. The van der Waals surface area contributed by atoms with Crippen LogP contribution in [0.3, 0.4) is 0 Å². The Morgan fingerprint density at radius 3 is 1.50 bits per heavy atom. The maximum atomic E-state index is 5.73. The van der Waals surface area contributed by atoms with E-state index in [1.54, 1.807) is 0 Å². The highest BCUT2D eigenvalue weighted by atomic mass is 35.7. The first-order valence-electron chi connectivity index (χ1n) is 3.38. The summed E-state index contributed by atoms with van der Waals surface area (Å²) < 4.78 is 0. The van der Waals surface area contributed by atoms with Gasteiger partial charge in [-0.2, -0.15) is 0 Å². The average Bonchev–Trinajstić information content (AvgIpc) is 2.08. The number of rotatable bonds is 2. The van der Waals surface area contributed by atoms with E-state index in [-0.39, 0.29) is 0 Å². The van der Waals surface area contributed by atoms with Crippen LogP contribution in [-0.4, -0.2) is 0 Å². The second-order valence-corrected chi connectivity index (χ2v) is 4.56. The van der Waals surface area contributed by atoms with Crippen molar-refractivity contribution in [2.45, 2.75) is 23.6 Å². The minimum atomic E-state index is 1.07. The van der Waals surface area contributed by atoms with Crippen LogP contribution in [0, 0.1) is 13.8 Å². The normalized spacial score (nSPS) is 10.3. The Hall–Kier alpha value is 0.500. The fourth-order valence-electron chi connectivity index (χ4n) is 0.951. The molecule has 0 atom stereocenters. The van der Waals surface area contributed by atoms with Crippen LogP contribution in [-0.2, 0) is 0 Å². The first-order chi connectivity index (χ1) is 5.70. The molecule has 0 bridgehead atoms. The van der Waals surface area contributed by atoms with Crippen LogP contribution in [0.5, 0.6) is 0 Å². The van der Waals surface area contributed by atoms with Crippen LogP contribution in [0.15, 0.2) is 21.9 Å². The molecular weight excluding hydrogens is 231 g/mol.